The first-order valence-electron chi connectivity index (χ1n) is 9.65. The van der Waals surface area contributed by atoms with E-state index in [1.807, 2.05) is 0 Å². The normalized spacial score (nSPS) is 14.4. The number of hydrogen-bond acceptors (Lipinski definition) is 0. The van der Waals surface area contributed by atoms with Gasteiger partial charge in [-0.25, -0.2) is 0 Å². The van der Waals surface area contributed by atoms with Crippen LogP contribution in [0.5, 0.6) is 0 Å². The Morgan fingerprint density at radius 1 is 0.889 bits per heavy atom. The number of fused-ring (bicyclic) bond motifs is 3. The van der Waals surface area contributed by atoms with Gasteiger partial charge in [-0.15, -0.1) is 0 Å². The van der Waals surface area contributed by atoms with E-state index in [0.29, 0.717) is 0 Å². The van der Waals surface area contributed by atoms with Gasteiger partial charge in [-0.2, -0.15) is 0 Å². The minimum Gasteiger partial charge on any atom is -0.0842 e. The molecule has 4 rings (SSSR count). The summed E-state index contributed by atoms with van der Waals surface area (Å²) in [6.07, 6.45) is 5.58. The van der Waals surface area contributed by atoms with Crippen LogP contribution in [0, 0.1) is 10.5 Å². The van der Waals surface area contributed by atoms with E-state index in [2.05, 4.69) is 117 Å². The van der Waals surface area contributed by atoms with E-state index in [9.17, 15) is 0 Å². The van der Waals surface area contributed by atoms with Gasteiger partial charge >= 0.3 is 0 Å². The van der Waals surface area contributed by atoms with Crippen molar-refractivity contribution in [3.05, 3.63) is 86.5 Å². The molecule has 0 saturated heterocycles. The molecular weight excluding hydrogens is 439 g/mol. The molecule has 0 spiro atoms. The molecule has 0 nitrogen and oxygen atoms in total. The standard InChI is InChI=1S/C26H25I/c1-5-6-9-20-17(2)8-7-10-21(20)18-11-13-22-23-14-12-19(27)16-25(23)26(3,4)24(22)15-18/h6-16H,5H2,1-4H3/b9-6-. The van der Waals surface area contributed by atoms with Gasteiger partial charge in [0.05, 0.1) is 0 Å². The molecule has 1 aliphatic carbocycles. The third-order valence-corrected chi connectivity index (χ3v) is 6.46. The van der Waals surface area contributed by atoms with Crippen molar-refractivity contribution in [2.45, 2.75) is 39.5 Å². The van der Waals surface area contributed by atoms with Gasteiger partial charge in [0, 0.05) is 8.99 Å². The van der Waals surface area contributed by atoms with Gasteiger partial charge in [-0.05, 0) is 98.6 Å². The highest BCUT2D eigenvalue weighted by Gasteiger charge is 2.35. The highest BCUT2D eigenvalue weighted by atomic mass is 127. The Bertz CT molecular complexity index is 1050. The highest BCUT2D eigenvalue weighted by Crippen LogP contribution is 2.50. The second-order valence-electron chi connectivity index (χ2n) is 7.92. The fraction of sp³-hybridized carbons (Fsp3) is 0.231. The van der Waals surface area contributed by atoms with Crippen LogP contribution in [-0.4, -0.2) is 0 Å². The predicted octanol–water partition coefficient (Wildman–Crippen LogP) is 8.00. The van der Waals surface area contributed by atoms with Crippen molar-refractivity contribution in [3.8, 4) is 22.3 Å². The quantitative estimate of drug-likeness (QED) is 0.345. The van der Waals surface area contributed by atoms with Crippen molar-refractivity contribution >= 4 is 28.7 Å². The second kappa shape index (κ2) is 6.94. The summed E-state index contributed by atoms with van der Waals surface area (Å²) in [5.41, 5.74) is 11.0. The molecule has 27 heavy (non-hydrogen) atoms. The fourth-order valence-corrected chi connectivity index (χ4v) is 4.76. The number of rotatable bonds is 3. The molecule has 0 heterocycles. The van der Waals surface area contributed by atoms with Gasteiger partial charge in [0.2, 0.25) is 0 Å². The summed E-state index contributed by atoms with van der Waals surface area (Å²) < 4.78 is 1.30. The van der Waals surface area contributed by atoms with Crippen LogP contribution in [0.3, 0.4) is 0 Å². The minimum absolute atomic E-state index is 0.0328. The monoisotopic (exact) mass is 464 g/mol. The Morgan fingerprint density at radius 2 is 1.59 bits per heavy atom. The van der Waals surface area contributed by atoms with Crippen molar-refractivity contribution in [1.29, 1.82) is 0 Å². The Kier molecular flexibility index (Phi) is 4.75. The minimum atomic E-state index is 0.0328. The zero-order valence-electron chi connectivity index (χ0n) is 16.4. The molecule has 1 aliphatic rings. The van der Waals surface area contributed by atoms with Crippen LogP contribution in [0.15, 0.2) is 60.7 Å². The first-order chi connectivity index (χ1) is 12.9. The zero-order chi connectivity index (χ0) is 19.2. The fourth-order valence-electron chi connectivity index (χ4n) is 4.27. The van der Waals surface area contributed by atoms with Crippen molar-refractivity contribution in [2.75, 3.05) is 0 Å². The average Bonchev–Trinajstić information content (AvgIpc) is 2.87. The van der Waals surface area contributed by atoms with E-state index in [4.69, 9.17) is 0 Å². The van der Waals surface area contributed by atoms with Crippen LogP contribution in [0.1, 0.15) is 49.4 Å². The molecule has 3 aromatic carbocycles. The van der Waals surface area contributed by atoms with Gasteiger partial charge in [-0.3, -0.25) is 0 Å². The lowest BCUT2D eigenvalue weighted by Crippen LogP contribution is -2.15. The number of hydrogen-bond donors (Lipinski definition) is 0. The maximum atomic E-state index is 2.42. The maximum Gasteiger partial charge on any atom is 0.0159 e. The van der Waals surface area contributed by atoms with Gasteiger partial charge < -0.3 is 0 Å². The van der Waals surface area contributed by atoms with E-state index in [1.54, 1.807) is 0 Å². The molecule has 0 N–H and O–H groups in total. The third kappa shape index (κ3) is 3.06. The molecule has 136 valence electrons. The molecule has 0 radical (unpaired) electrons. The van der Waals surface area contributed by atoms with Gasteiger partial charge in [0.15, 0.2) is 0 Å². The summed E-state index contributed by atoms with van der Waals surface area (Å²) >= 11 is 2.42. The van der Waals surface area contributed by atoms with E-state index >= 15 is 0 Å². The molecule has 1 heteroatoms. The summed E-state index contributed by atoms with van der Waals surface area (Å²) in [6.45, 7) is 9.09. The van der Waals surface area contributed by atoms with Crippen LogP contribution in [0.4, 0.5) is 0 Å². The first-order valence-corrected chi connectivity index (χ1v) is 10.7. The molecule has 0 bridgehead atoms. The first kappa shape index (κ1) is 18.5. The average molecular weight is 464 g/mol. The maximum absolute atomic E-state index is 2.42. The van der Waals surface area contributed by atoms with Crippen molar-refractivity contribution < 1.29 is 0 Å². The summed E-state index contributed by atoms with van der Waals surface area (Å²) in [5.74, 6) is 0. The Balaban J connectivity index is 1.90. The van der Waals surface area contributed by atoms with Crippen LogP contribution in [0.25, 0.3) is 28.3 Å². The number of allylic oxidation sites excluding steroid dienone is 1. The van der Waals surface area contributed by atoms with E-state index < -0.39 is 0 Å². The molecule has 0 fully saturated rings. The highest BCUT2D eigenvalue weighted by molar-refractivity contribution is 14.1. The van der Waals surface area contributed by atoms with Crippen molar-refractivity contribution in [3.63, 3.8) is 0 Å². The van der Waals surface area contributed by atoms with E-state index in [-0.39, 0.29) is 5.41 Å². The second-order valence-corrected chi connectivity index (χ2v) is 9.17. The largest absolute Gasteiger partial charge is 0.0842 e. The molecule has 0 atom stereocenters. The topological polar surface area (TPSA) is 0 Å². The van der Waals surface area contributed by atoms with Crippen LogP contribution >= 0.6 is 22.6 Å². The molecule has 0 aliphatic heterocycles. The Hall–Kier alpha value is -1.87. The summed E-state index contributed by atoms with van der Waals surface area (Å²) in [6, 6.07) is 20.5. The SMILES string of the molecule is CC/C=C\c1c(C)cccc1-c1ccc2c(c1)C(C)(C)c1cc(I)ccc1-2. The summed E-state index contributed by atoms with van der Waals surface area (Å²) in [4.78, 5) is 0. The van der Waals surface area contributed by atoms with Crippen LogP contribution in [0.2, 0.25) is 0 Å². The van der Waals surface area contributed by atoms with Crippen LogP contribution < -0.4 is 0 Å². The lowest BCUT2D eigenvalue weighted by atomic mass is 9.81. The Labute approximate surface area is 176 Å². The number of benzene rings is 3. The van der Waals surface area contributed by atoms with E-state index in [1.165, 1.54) is 48.1 Å². The van der Waals surface area contributed by atoms with Crippen LogP contribution in [-0.2, 0) is 5.41 Å². The number of aryl methyl sites for hydroxylation is 1. The Morgan fingerprint density at radius 3 is 2.33 bits per heavy atom. The lowest BCUT2D eigenvalue weighted by molar-refractivity contribution is 0.660. The molecule has 0 saturated carbocycles. The summed E-state index contributed by atoms with van der Waals surface area (Å²) in [7, 11) is 0. The smallest absolute Gasteiger partial charge is 0.0159 e. The molecule has 0 aromatic heterocycles. The summed E-state index contributed by atoms with van der Waals surface area (Å²) in [5, 5.41) is 0. The molecule has 0 unspecified atom stereocenters. The third-order valence-electron chi connectivity index (χ3n) is 5.79. The molecule has 3 aromatic rings. The van der Waals surface area contributed by atoms with Gasteiger partial charge in [0.1, 0.15) is 0 Å². The van der Waals surface area contributed by atoms with Crippen molar-refractivity contribution in [1.82, 2.24) is 0 Å². The van der Waals surface area contributed by atoms with Crippen molar-refractivity contribution in [2.24, 2.45) is 0 Å². The number of halogens is 1. The molecule has 0 amide bonds. The van der Waals surface area contributed by atoms with Gasteiger partial charge in [0.25, 0.3) is 0 Å². The molecular formula is C26H25I. The predicted molar refractivity (Wildman–Crippen MR) is 126 cm³/mol. The van der Waals surface area contributed by atoms with E-state index in [0.717, 1.165) is 6.42 Å². The zero-order valence-corrected chi connectivity index (χ0v) is 18.6. The van der Waals surface area contributed by atoms with Gasteiger partial charge in [-0.1, -0.05) is 69.3 Å². The lowest BCUT2D eigenvalue weighted by Gasteiger charge is -2.22.